The third-order valence-electron chi connectivity index (χ3n) is 3.89. The largest absolute Gasteiger partial charge is 0.497 e. The maximum absolute atomic E-state index is 12.5. The first kappa shape index (κ1) is 18.1. The lowest BCUT2D eigenvalue weighted by atomic mass is 10.1. The van der Waals surface area contributed by atoms with Gasteiger partial charge in [-0.05, 0) is 48.0 Å². The molecule has 6 heteroatoms. The van der Waals surface area contributed by atoms with Crippen molar-refractivity contribution in [1.82, 2.24) is 4.98 Å². The highest BCUT2D eigenvalue weighted by Gasteiger charge is 2.09. The molecular weight excluding hydrogens is 342 g/mol. The van der Waals surface area contributed by atoms with Gasteiger partial charge in [-0.15, -0.1) is 0 Å². The molecular formula is C21H19N3O3. The smallest absolute Gasteiger partial charge is 0.257 e. The van der Waals surface area contributed by atoms with Gasteiger partial charge in [0.1, 0.15) is 5.75 Å². The van der Waals surface area contributed by atoms with Crippen molar-refractivity contribution in [2.75, 3.05) is 17.7 Å². The zero-order valence-electron chi connectivity index (χ0n) is 15.0. The minimum absolute atomic E-state index is 0.145. The van der Waals surface area contributed by atoms with Crippen LogP contribution in [0.2, 0.25) is 0 Å². The van der Waals surface area contributed by atoms with E-state index in [0.717, 1.165) is 16.9 Å². The molecule has 136 valence electrons. The molecule has 3 rings (SSSR count). The Hall–Kier alpha value is -3.67. The van der Waals surface area contributed by atoms with E-state index in [1.165, 1.54) is 13.1 Å². The standard InChI is InChI=1S/C21H19N3O3/c1-14(25)23-18-5-7-19(8-6-18)24-21(26)17-11-16(12-22-13-17)15-3-9-20(27-2)10-4-15/h3-13H,1-2H3,(H,23,25)(H,24,26). The fourth-order valence-corrected chi connectivity index (χ4v) is 2.55. The Bertz CT molecular complexity index is 951. The predicted octanol–water partition coefficient (Wildman–Crippen LogP) is 3.97. The van der Waals surface area contributed by atoms with Crippen molar-refractivity contribution in [1.29, 1.82) is 0 Å². The second-order valence-corrected chi connectivity index (χ2v) is 5.90. The molecule has 0 spiro atoms. The summed E-state index contributed by atoms with van der Waals surface area (Å²) in [6.07, 6.45) is 3.23. The number of nitrogens with zero attached hydrogens (tertiary/aromatic N) is 1. The first-order valence-electron chi connectivity index (χ1n) is 8.33. The number of pyridine rings is 1. The Morgan fingerprint density at radius 3 is 2.07 bits per heavy atom. The van der Waals surface area contributed by atoms with Gasteiger partial charge >= 0.3 is 0 Å². The van der Waals surface area contributed by atoms with E-state index in [-0.39, 0.29) is 11.8 Å². The Morgan fingerprint density at radius 2 is 1.48 bits per heavy atom. The van der Waals surface area contributed by atoms with E-state index in [9.17, 15) is 9.59 Å². The number of aromatic nitrogens is 1. The second kappa shape index (κ2) is 8.14. The van der Waals surface area contributed by atoms with Crippen molar-refractivity contribution >= 4 is 23.2 Å². The monoisotopic (exact) mass is 361 g/mol. The molecule has 2 aromatic carbocycles. The van der Waals surface area contributed by atoms with Crippen LogP contribution in [0.4, 0.5) is 11.4 Å². The average Bonchev–Trinajstić information content (AvgIpc) is 2.69. The first-order valence-corrected chi connectivity index (χ1v) is 8.33. The Balaban J connectivity index is 1.74. The number of anilines is 2. The second-order valence-electron chi connectivity index (χ2n) is 5.90. The molecule has 2 N–H and O–H groups in total. The maximum Gasteiger partial charge on any atom is 0.257 e. The quantitative estimate of drug-likeness (QED) is 0.721. The van der Waals surface area contributed by atoms with Crippen LogP contribution in [-0.4, -0.2) is 23.9 Å². The topological polar surface area (TPSA) is 80.3 Å². The van der Waals surface area contributed by atoms with E-state index in [1.807, 2.05) is 24.3 Å². The van der Waals surface area contributed by atoms with Gasteiger partial charge in [0.05, 0.1) is 12.7 Å². The number of carbonyl (C=O) groups is 2. The van der Waals surface area contributed by atoms with Gasteiger partial charge in [0.25, 0.3) is 5.91 Å². The molecule has 3 aromatic rings. The number of methoxy groups -OCH3 is 1. The summed E-state index contributed by atoms with van der Waals surface area (Å²) >= 11 is 0. The van der Waals surface area contributed by atoms with Crippen molar-refractivity contribution in [2.24, 2.45) is 0 Å². The molecule has 27 heavy (non-hydrogen) atoms. The van der Waals surface area contributed by atoms with Crippen LogP contribution in [0.15, 0.2) is 67.0 Å². The molecule has 0 atom stereocenters. The van der Waals surface area contributed by atoms with Crippen LogP contribution in [0.3, 0.4) is 0 Å². The highest BCUT2D eigenvalue weighted by Crippen LogP contribution is 2.23. The zero-order valence-corrected chi connectivity index (χ0v) is 15.0. The number of hydrogen-bond donors (Lipinski definition) is 2. The molecule has 0 aliphatic carbocycles. The fourth-order valence-electron chi connectivity index (χ4n) is 2.55. The third-order valence-corrected chi connectivity index (χ3v) is 3.89. The van der Waals surface area contributed by atoms with Gasteiger partial charge in [0.2, 0.25) is 5.91 Å². The van der Waals surface area contributed by atoms with Crippen LogP contribution in [-0.2, 0) is 4.79 Å². The van der Waals surface area contributed by atoms with Crippen molar-refractivity contribution in [3.05, 3.63) is 72.6 Å². The third kappa shape index (κ3) is 4.70. The van der Waals surface area contributed by atoms with E-state index in [0.29, 0.717) is 16.9 Å². The normalized spacial score (nSPS) is 10.1. The van der Waals surface area contributed by atoms with Crippen LogP contribution >= 0.6 is 0 Å². The molecule has 0 radical (unpaired) electrons. The number of ether oxygens (including phenoxy) is 1. The summed E-state index contributed by atoms with van der Waals surface area (Å²) in [4.78, 5) is 27.7. The number of nitrogens with one attached hydrogen (secondary N) is 2. The van der Waals surface area contributed by atoms with E-state index in [2.05, 4.69) is 15.6 Å². The summed E-state index contributed by atoms with van der Waals surface area (Å²) < 4.78 is 5.16. The lowest BCUT2D eigenvalue weighted by molar-refractivity contribution is -0.114. The zero-order chi connectivity index (χ0) is 19.2. The van der Waals surface area contributed by atoms with Gasteiger partial charge in [-0.2, -0.15) is 0 Å². The van der Waals surface area contributed by atoms with Crippen molar-refractivity contribution < 1.29 is 14.3 Å². The number of amides is 2. The van der Waals surface area contributed by atoms with Crippen LogP contribution in [0.25, 0.3) is 11.1 Å². The molecule has 2 amide bonds. The van der Waals surface area contributed by atoms with Crippen molar-refractivity contribution in [2.45, 2.75) is 6.92 Å². The van der Waals surface area contributed by atoms with E-state index < -0.39 is 0 Å². The SMILES string of the molecule is COc1ccc(-c2cncc(C(=O)Nc3ccc(NC(C)=O)cc3)c2)cc1. The van der Waals surface area contributed by atoms with E-state index >= 15 is 0 Å². The lowest BCUT2D eigenvalue weighted by Gasteiger charge is -2.08. The van der Waals surface area contributed by atoms with Crippen molar-refractivity contribution in [3.8, 4) is 16.9 Å². The molecule has 0 aliphatic rings. The average molecular weight is 361 g/mol. The highest BCUT2D eigenvalue weighted by atomic mass is 16.5. The van der Waals surface area contributed by atoms with Gasteiger partial charge in [-0.3, -0.25) is 14.6 Å². The van der Waals surface area contributed by atoms with Gasteiger partial charge in [-0.1, -0.05) is 12.1 Å². The molecule has 0 bridgehead atoms. The summed E-state index contributed by atoms with van der Waals surface area (Å²) in [5.74, 6) is 0.363. The molecule has 0 saturated heterocycles. The predicted molar refractivity (Wildman–Crippen MR) is 105 cm³/mol. The molecule has 1 aromatic heterocycles. The molecule has 0 unspecified atom stereocenters. The molecule has 6 nitrogen and oxygen atoms in total. The van der Waals surface area contributed by atoms with Gasteiger partial charge in [-0.25, -0.2) is 0 Å². The van der Waals surface area contributed by atoms with Gasteiger partial charge in [0.15, 0.2) is 0 Å². The highest BCUT2D eigenvalue weighted by molar-refractivity contribution is 6.04. The Kier molecular flexibility index (Phi) is 5.47. The number of benzene rings is 2. The summed E-state index contributed by atoms with van der Waals surface area (Å²) in [5, 5.41) is 5.50. The van der Waals surface area contributed by atoms with Crippen molar-refractivity contribution in [3.63, 3.8) is 0 Å². The van der Waals surface area contributed by atoms with E-state index in [1.54, 1.807) is 43.6 Å². The number of carbonyl (C=O) groups excluding carboxylic acids is 2. The number of hydrogen-bond acceptors (Lipinski definition) is 4. The molecule has 1 heterocycles. The maximum atomic E-state index is 12.5. The fraction of sp³-hybridized carbons (Fsp3) is 0.0952. The van der Waals surface area contributed by atoms with Crippen LogP contribution in [0, 0.1) is 0 Å². The summed E-state index contributed by atoms with van der Waals surface area (Å²) in [7, 11) is 1.62. The van der Waals surface area contributed by atoms with E-state index in [4.69, 9.17) is 4.74 Å². The minimum Gasteiger partial charge on any atom is -0.497 e. The molecule has 0 fully saturated rings. The van der Waals surface area contributed by atoms with Crippen LogP contribution < -0.4 is 15.4 Å². The van der Waals surface area contributed by atoms with Gasteiger partial charge in [0, 0.05) is 36.3 Å². The summed E-state index contributed by atoms with van der Waals surface area (Å²) in [6, 6.07) is 16.2. The number of rotatable bonds is 5. The summed E-state index contributed by atoms with van der Waals surface area (Å²) in [5.41, 5.74) is 3.53. The first-order chi connectivity index (χ1) is 13.0. The van der Waals surface area contributed by atoms with Crippen LogP contribution in [0.5, 0.6) is 5.75 Å². The summed E-state index contributed by atoms with van der Waals surface area (Å²) in [6.45, 7) is 1.44. The minimum atomic E-state index is -0.259. The Morgan fingerprint density at radius 1 is 0.852 bits per heavy atom. The lowest BCUT2D eigenvalue weighted by Crippen LogP contribution is -2.12. The molecule has 0 aliphatic heterocycles. The molecule has 0 saturated carbocycles. The van der Waals surface area contributed by atoms with Crippen LogP contribution in [0.1, 0.15) is 17.3 Å². The van der Waals surface area contributed by atoms with Gasteiger partial charge < -0.3 is 15.4 Å². The Labute approximate surface area is 157 Å².